The van der Waals surface area contributed by atoms with E-state index in [0.717, 1.165) is 0 Å². The maximum Gasteiger partial charge on any atom is 0.254 e. The number of amides is 1. The number of hydrogen-bond acceptors (Lipinski definition) is 2. The molecule has 0 aliphatic heterocycles. The predicted octanol–water partition coefficient (Wildman–Crippen LogP) is 1.87. The average Bonchev–Trinajstić information content (AvgIpc) is 2.15. The molecule has 0 aliphatic rings. The Balaban J connectivity index is 2.65. The van der Waals surface area contributed by atoms with E-state index in [2.05, 4.69) is 17.9 Å². The van der Waals surface area contributed by atoms with Gasteiger partial charge in [0.25, 0.3) is 5.91 Å². The van der Waals surface area contributed by atoms with Crippen LogP contribution in [0.4, 0.5) is 4.39 Å². The second kappa shape index (κ2) is 5.00. The lowest BCUT2D eigenvalue weighted by Gasteiger charge is -2.07. The van der Waals surface area contributed by atoms with Crippen molar-refractivity contribution in [3.8, 4) is 0 Å². The van der Waals surface area contributed by atoms with Crippen molar-refractivity contribution < 1.29 is 9.18 Å². The van der Waals surface area contributed by atoms with Gasteiger partial charge in [0.05, 0.1) is 5.56 Å². The molecule has 1 N–H and O–H groups in total. The number of thiol groups is 1. The van der Waals surface area contributed by atoms with Gasteiger partial charge in [-0.1, -0.05) is 19.1 Å². The van der Waals surface area contributed by atoms with Crippen LogP contribution in [0.2, 0.25) is 0 Å². The molecule has 0 spiro atoms. The number of rotatable bonds is 3. The summed E-state index contributed by atoms with van der Waals surface area (Å²) in [5.74, 6) is -0.902. The van der Waals surface area contributed by atoms with E-state index >= 15 is 0 Å². The zero-order valence-corrected chi connectivity index (χ0v) is 8.72. The van der Waals surface area contributed by atoms with Gasteiger partial charge in [0.2, 0.25) is 0 Å². The summed E-state index contributed by atoms with van der Waals surface area (Å²) in [5.41, 5.74) is 0.0708. The van der Waals surface area contributed by atoms with Gasteiger partial charge in [0.15, 0.2) is 0 Å². The first-order valence-corrected chi connectivity index (χ1v) is 4.83. The lowest BCUT2D eigenvalue weighted by atomic mass is 10.2. The summed E-state index contributed by atoms with van der Waals surface area (Å²) < 4.78 is 13.1. The fourth-order valence-electron chi connectivity index (χ4n) is 0.981. The minimum atomic E-state index is -0.503. The van der Waals surface area contributed by atoms with Crippen molar-refractivity contribution in [3.63, 3.8) is 0 Å². The highest BCUT2D eigenvalue weighted by molar-refractivity contribution is 7.80. The highest BCUT2D eigenvalue weighted by Crippen LogP contribution is 2.05. The van der Waals surface area contributed by atoms with Crippen LogP contribution in [0.3, 0.4) is 0 Å². The van der Waals surface area contributed by atoms with Crippen LogP contribution in [0.25, 0.3) is 0 Å². The minimum absolute atomic E-state index is 0.0609. The molecule has 1 unspecified atom stereocenters. The molecule has 0 radical (unpaired) electrons. The van der Waals surface area contributed by atoms with Crippen LogP contribution >= 0.6 is 12.6 Å². The molecule has 2 nitrogen and oxygen atoms in total. The van der Waals surface area contributed by atoms with Crippen LogP contribution < -0.4 is 5.32 Å². The Morgan fingerprint density at radius 1 is 1.57 bits per heavy atom. The van der Waals surface area contributed by atoms with Gasteiger partial charge in [-0.05, 0) is 12.1 Å². The fourth-order valence-corrected chi connectivity index (χ4v) is 1.07. The Labute approximate surface area is 87.9 Å². The van der Waals surface area contributed by atoms with Crippen LogP contribution in [-0.4, -0.2) is 17.7 Å². The molecule has 0 aromatic heterocycles. The number of hydrogen-bond donors (Lipinski definition) is 2. The van der Waals surface area contributed by atoms with Gasteiger partial charge in [0, 0.05) is 11.8 Å². The second-order valence-corrected chi connectivity index (χ2v) is 3.92. The van der Waals surface area contributed by atoms with Crippen molar-refractivity contribution >= 4 is 18.5 Å². The molecule has 1 rings (SSSR count). The lowest BCUT2D eigenvalue weighted by molar-refractivity contribution is 0.0950. The Morgan fingerprint density at radius 2 is 2.21 bits per heavy atom. The topological polar surface area (TPSA) is 29.1 Å². The van der Waals surface area contributed by atoms with Gasteiger partial charge in [-0.2, -0.15) is 12.6 Å². The van der Waals surface area contributed by atoms with Crippen molar-refractivity contribution in [1.29, 1.82) is 0 Å². The van der Waals surface area contributed by atoms with E-state index in [-0.39, 0.29) is 10.8 Å². The van der Waals surface area contributed by atoms with Gasteiger partial charge >= 0.3 is 0 Å². The summed E-state index contributed by atoms with van der Waals surface area (Å²) in [6, 6.07) is 5.89. The first kappa shape index (κ1) is 11.0. The number of halogens is 1. The average molecular weight is 213 g/mol. The third kappa shape index (κ3) is 3.03. The molecule has 1 amide bonds. The van der Waals surface area contributed by atoms with Gasteiger partial charge in [-0.3, -0.25) is 4.79 Å². The standard InChI is InChI=1S/C10H12FNOS/c1-7(14)6-12-10(13)8-4-2-3-5-9(8)11/h2-5,7,14H,6H2,1H3,(H,12,13). The Morgan fingerprint density at radius 3 is 2.79 bits per heavy atom. The molecule has 14 heavy (non-hydrogen) atoms. The molecular weight excluding hydrogens is 201 g/mol. The van der Waals surface area contributed by atoms with Crippen LogP contribution in [0.5, 0.6) is 0 Å². The zero-order valence-electron chi connectivity index (χ0n) is 7.83. The molecule has 1 atom stereocenters. The molecule has 0 saturated heterocycles. The van der Waals surface area contributed by atoms with Crippen molar-refractivity contribution in [2.24, 2.45) is 0 Å². The number of carbonyl (C=O) groups excluding carboxylic acids is 1. The summed E-state index contributed by atoms with van der Waals surface area (Å²) in [7, 11) is 0. The van der Waals surface area contributed by atoms with E-state index in [1.807, 2.05) is 6.92 Å². The minimum Gasteiger partial charge on any atom is -0.351 e. The van der Waals surface area contributed by atoms with Gasteiger partial charge in [0.1, 0.15) is 5.82 Å². The van der Waals surface area contributed by atoms with Crippen molar-refractivity contribution in [2.45, 2.75) is 12.2 Å². The summed E-state index contributed by atoms with van der Waals surface area (Å²) >= 11 is 4.10. The molecule has 0 aliphatic carbocycles. The van der Waals surface area contributed by atoms with E-state index in [4.69, 9.17) is 0 Å². The molecule has 4 heteroatoms. The van der Waals surface area contributed by atoms with Crippen molar-refractivity contribution in [1.82, 2.24) is 5.32 Å². The van der Waals surface area contributed by atoms with Gasteiger partial charge in [-0.15, -0.1) is 0 Å². The van der Waals surface area contributed by atoms with E-state index in [0.29, 0.717) is 6.54 Å². The molecule has 0 heterocycles. The molecule has 1 aromatic rings. The first-order chi connectivity index (χ1) is 6.61. The molecule has 0 bridgehead atoms. The predicted molar refractivity (Wildman–Crippen MR) is 57.2 cm³/mol. The van der Waals surface area contributed by atoms with Crippen LogP contribution in [0, 0.1) is 5.82 Å². The fraction of sp³-hybridized carbons (Fsp3) is 0.300. The monoisotopic (exact) mass is 213 g/mol. The summed E-state index contributed by atoms with van der Waals surface area (Å²) in [6.07, 6.45) is 0. The first-order valence-electron chi connectivity index (χ1n) is 4.32. The maximum absolute atomic E-state index is 13.1. The molecule has 1 aromatic carbocycles. The third-order valence-electron chi connectivity index (χ3n) is 1.68. The highest BCUT2D eigenvalue weighted by atomic mass is 32.1. The molecule has 0 fully saturated rings. The summed E-state index contributed by atoms with van der Waals surface area (Å²) in [5, 5.41) is 2.64. The lowest BCUT2D eigenvalue weighted by Crippen LogP contribution is -2.29. The number of nitrogens with one attached hydrogen (secondary N) is 1. The van der Waals surface area contributed by atoms with E-state index < -0.39 is 11.7 Å². The third-order valence-corrected chi connectivity index (χ3v) is 1.86. The smallest absolute Gasteiger partial charge is 0.254 e. The molecular formula is C10H12FNOS. The van der Waals surface area contributed by atoms with Crippen LogP contribution in [-0.2, 0) is 0 Å². The van der Waals surface area contributed by atoms with Crippen LogP contribution in [0.1, 0.15) is 17.3 Å². The Bertz CT molecular complexity index is 328. The van der Waals surface area contributed by atoms with E-state index in [1.54, 1.807) is 12.1 Å². The SMILES string of the molecule is CC(S)CNC(=O)c1ccccc1F. The maximum atomic E-state index is 13.1. The number of carbonyl (C=O) groups is 1. The van der Waals surface area contributed by atoms with Crippen molar-refractivity contribution in [2.75, 3.05) is 6.54 Å². The normalized spacial score (nSPS) is 12.2. The molecule has 0 saturated carbocycles. The Hall–Kier alpha value is -1.03. The Kier molecular flexibility index (Phi) is 3.95. The highest BCUT2D eigenvalue weighted by Gasteiger charge is 2.10. The summed E-state index contributed by atoms with van der Waals surface area (Å²) in [4.78, 5) is 11.4. The van der Waals surface area contributed by atoms with Crippen LogP contribution in [0.15, 0.2) is 24.3 Å². The largest absolute Gasteiger partial charge is 0.351 e. The van der Waals surface area contributed by atoms with Gasteiger partial charge < -0.3 is 5.32 Å². The van der Waals surface area contributed by atoms with E-state index in [9.17, 15) is 9.18 Å². The summed E-state index contributed by atoms with van der Waals surface area (Å²) in [6.45, 7) is 2.28. The second-order valence-electron chi connectivity index (χ2n) is 3.04. The quantitative estimate of drug-likeness (QED) is 0.737. The number of benzene rings is 1. The molecule has 76 valence electrons. The zero-order chi connectivity index (χ0) is 10.6. The van der Waals surface area contributed by atoms with E-state index in [1.165, 1.54) is 12.1 Å². The van der Waals surface area contributed by atoms with Crippen molar-refractivity contribution in [3.05, 3.63) is 35.6 Å². The van der Waals surface area contributed by atoms with Gasteiger partial charge in [-0.25, -0.2) is 4.39 Å².